The van der Waals surface area contributed by atoms with Crippen molar-refractivity contribution >= 4 is 42.6 Å². The highest BCUT2D eigenvalue weighted by atomic mass is 32.2. The number of carbonyl (C=O) groups excluding carboxylic acids is 1. The molecule has 4 heterocycles. The summed E-state index contributed by atoms with van der Waals surface area (Å²) in [5.41, 5.74) is 1.06. The predicted molar refractivity (Wildman–Crippen MR) is 203 cm³/mol. The third-order valence-electron chi connectivity index (χ3n) is 11.8. The van der Waals surface area contributed by atoms with E-state index in [4.69, 9.17) is 9.47 Å². The normalized spacial score (nSPS) is 27.1. The van der Waals surface area contributed by atoms with Crippen LogP contribution in [-0.4, -0.2) is 105 Å². The first kappa shape index (κ1) is 37.7. The zero-order valence-electron chi connectivity index (χ0n) is 31.0. The highest BCUT2D eigenvalue weighted by Gasteiger charge is 2.63. The SMILES string of the molecule is CC(C)CN(C[C@@H](O)[C@H](Cc1ccccc1)NC(=O)C1(C2C3CO[C@H]4OC[C@@H]2C4C3)CCN(C)CC1)S(=O)(=O)c1ccc2nc(NC(C)C)sc2c1. The van der Waals surface area contributed by atoms with E-state index in [9.17, 15) is 18.3 Å². The Morgan fingerprint density at radius 1 is 1.06 bits per heavy atom. The van der Waals surface area contributed by atoms with Crippen LogP contribution in [0.4, 0.5) is 5.13 Å². The lowest BCUT2D eigenvalue weighted by Gasteiger charge is -2.48. The summed E-state index contributed by atoms with van der Waals surface area (Å²) in [5.74, 6) is 0.966. The molecule has 1 aromatic heterocycles. The number of rotatable bonds is 14. The monoisotopic (exact) mass is 753 g/mol. The molecule has 1 amide bonds. The number of anilines is 1. The van der Waals surface area contributed by atoms with Gasteiger partial charge in [0, 0.05) is 25.0 Å². The van der Waals surface area contributed by atoms with Crippen LogP contribution in [0.5, 0.6) is 0 Å². The minimum atomic E-state index is -4.01. The number of aromatic nitrogens is 1. The second-order valence-corrected chi connectivity index (χ2v) is 19.3. The number of benzene rings is 2. The van der Waals surface area contributed by atoms with Gasteiger partial charge < -0.3 is 30.1 Å². The maximum atomic E-state index is 15.0. The molecular weight excluding hydrogens is 699 g/mol. The van der Waals surface area contributed by atoms with Crippen molar-refractivity contribution in [1.29, 1.82) is 0 Å². The molecule has 284 valence electrons. The summed E-state index contributed by atoms with van der Waals surface area (Å²) in [6.07, 6.45) is 1.50. The second-order valence-electron chi connectivity index (χ2n) is 16.3. The van der Waals surface area contributed by atoms with Crippen LogP contribution in [0, 0.1) is 35.0 Å². The van der Waals surface area contributed by atoms with Gasteiger partial charge in [0.1, 0.15) is 0 Å². The molecule has 2 bridgehead atoms. The summed E-state index contributed by atoms with van der Waals surface area (Å²) in [5, 5.41) is 19.6. The van der Waals surface area contributed by atoms with Crippen LogP contribution in [-0.2, 0) is 30.7 Å². The van der Waals surface area contributed by atoms with Crippen LogP contribution < -0.4 is 10.6 Å². The molecule has 2 aromatic carbocycles. The van der Waals surface area contributed by atoms with Crippen LogP contribution in [0.15, 0.2) is 53.4 Å². The van der Waals surface area contributed by atoms with Crippen molar-refractivity contribution in [2.75, 3.05) is 51.8 Å². The van der Waals surface area contributed by atoms with E-state index in [-0.39, 0.29) is 54.0 Å². The maximum absolute atomic E-state index is 15.0. The van der Waals surface area contributed by atoms with Crippen LogP contribution >= 0.6 is 11.3 Å². The largest absolute Gasteiger partial charge is 0.390 e. The molecule has 3 saturated heterocycles. The van der Waals surface area contributed by atoms with Crippen LogP contribution in [0.1, 0.15) is 52.5 Å². The van der Waals surface area contributed by atoms with Crippen LogP contribution in [0.25, 0.3) is 10.2 Å². The Morgan fingerprint density at radius 3 is 2.50 bits per heavy atom. The van der Waals surface area contributed by atoms with E-state index in [1.807, 2.05) is 58.0 Å². The number of nitrogens with one attached hydrogen (secondary N) is 2. The number of amides is 1. The van der Waals surface area contributed by atoms with Gasteiger partial charge in [0.15, 0.2) is 11.4 Å². The van der Waals surface area contributed by atoms with Gasteiger partial charge in [-0.2, -0.15) is 4.31 Å². The Hall–Kier alpha value is -2.65. The molecule has 11 nitrogen and oxygen atoms in total. The van der Waals surface area contributed by atoms with Crippen LogP contribution in [0.3, 0.4) is 0 Å². The molecule has 3 N–H and O–H groups in total. The van der Waals surface area contributed by atoms with Gasteiger partial charge >= 0.3 is 0 Å². The average Bonchev–Trinajstić information content (AvgIpc) is 3.78. The third kappa shape index (κ3) is 7.51. The molecule has 52 heavy (non-hydrogen) atoms. The number of likely N-dealkylation sites (tertiary alicyclic amines) is 1. The fraction of sp³-hybridized carbons (Fsp3) is 0.641. The molecular formula is C39H55N5O6S2. The van der Waals surface area contributed by atoms with Gasteiger partial charge in [-0.05, 0) is 107 Å². The van der Waals surface area contributed by atoms with Crippen molar-refractivity contribution in [1.82, 2.24) is 19.5 Å². The summed E-state index contributed by atoms with van der Waals surface area (Å²) < 4.78 is 43.1. The first-order chi connectivity index (χ1) is 24.8. The van der Waals surface area contributed by atoms with Crippen molar-refractivity contribution < 1.29 is 27.8 Å². The van der Waals surface area contributed by atoms with Crippen molar-refractivity contribution in [2.24, 2.45) is 35.0 Å². The molecule has 1 aliphatic carbocycles. The highest BCUT2D eigenvalue weighted by molar-refractivity contribution is 7.89. The van der Waals surface area contributed by atoms with E-state index in [0.717, 1.165) is 53.3 Å². The van der Waals surface area contributed by atoms with Crippen molar-refractivity contribution in [2.45, 2.75) is 82.8 Å². The molecule has 3 aliphatic heterocycles. The lowest BCUT2D eigenvalue weighted by molar-refractivity contribution is -0.174. The zero-order valence-corrected chi connectivity index (χ0v) is 32.7. The number of thiazole rings is 1. The second kappa shape index (κ2) is 15.2. The number of ether oxygens (including phenoxy) is 2. The van der Waals surface area contributed by atoms with E-state index in [1.54, 1.807) is 18.2 Å². The Labute approximate surface area is 312 Å². The molecule has 0 spiro atoms. The van der Waals surface area contributed by atoms with Gasteiger partial charge in [0.2, 0.25) is 15.9 Å². The minimum Gasteiger partial charge on any atom is -0.390 e. The molecule has 13 heteroatoms. The number of aliphatic hydroxyl groups is 1. The number of sulfonamides is 1. The van der Waals surface area contributed by atoms with Gasteiger partial charge in [-0.3, -0.25) is 4.79 Å². The number of hydrogen-bond donors (Lipinski definition) is 3. The fourth-order valence-electron chi connectivity index (χ4n) is 9.31. The first-order valence-corrected chi connectivity index (χ1v) is 21.2. The summed E-state index contributed by atoms with van der Waals surface area (Å²) in [4.78, 5) is 22.1. The lowest BCUT2D eigenvalue weighted by atomic mass is 9.61. The predicted octanol–water partition coefficient (Wildman–Crippen LogP) is 4.82. The molecule has 7 rings (SSSR count). The van der Waals surface area contributed by atoms with Gasteiger partial charge in [0.05, 0.1) is 45.9 Å². The third-order valence-corrected chi connectivity index (χ3v) is 14.6. The number of hydrogen-bond acceptors (Lipinski definition) is 10. The summed E-state index contributed by atoms with van der Waals surface area (Å²) >= 11 is 1.42. The van der Waals surface area contributed by atoms with E-state index in [2.05, 4.69) is 27.6 Å². The minimum absolute atomic E-state index is 0.00187. The fourth-order valence-corrected chi connectivity index (χ4v) is 12.1. The van der Waals surface area contributed by atoms with Crippen molar-refractivity contribution in [3.8, 4) is 0 Å². The summed E-state index contributed by atoms with van der Waals surface area (Å²) in [6, 6.07) is 14.3. The van der Waals surface area contributed by atoms with Gasteiger partial charge in [-0.25, -0.2) is 13.4 Å². The van der Waals surface area contributed by atoms with Crippen LogP contribution in [0.2, 0.25) is 0 Å². The number of fused-ring (bicyclic) bond motifs is 2. The summed E-state index contributed by atoms with van der Waals surface area (Å²) in [7, 11) is -1.91. The van der Waals surface area contributed by atoms with E-state index >= 15 is 0 Å². The number of aliphatic hydroxyl groups excluding tert-OH is 1. The molecule has 1 saturated carbocycles. The molecule has 0 radical (unpaired) electrons. The topological polar surface area (TPSA) is 133 Å². The molecule has 4 aliphatic rings. The van der Waals surface area contributed by atoms with Crippen molar-refractivity contribution in [3.05, 3.63) is 54.1 Å². The maximum Gasteiger partial charge on any atom is 0.243 e. The Kier molecular flexibility index (Phi) is 11.0. The van der Waals surface area contributed by atoms with Gasteiger partial charge in [0.25, 0.3) is 0 Å². The van der Waals surface area contributed by atoms with E-state index in [1.165, 1.54) is 15.6 Å². The van der Waals surface area contributed by atoms with Crippen molar-refractivity contribution in [3.63, 3.8) is 0 Å². The highest BCUT2D eigenvalue weighted by Crippen LogP contribution is 2.60. The number of nitrogens with zero attached hydrogens (tertiary/aromatic N) is 3. The molecule has 3 unspecified atom stereocenters. The molecule has 7 atom stereocenters. The lowest BCUT2D eigenvalue weighted by Crippen LogP contribution is -2.59. The Balaban J connectivity index is 1.17. The smallest absolute Gasteiger partial charge is 0.243 e. The first-order valence-electron chi connectivity index (χ1n) is 19.0. The summed E-state index contributed by atoms with van der Waals surface area (Å²) in [6.45, 7) is 10.9. The number of carbonyl (C=O) groups is 1. The molecule has 3 aromatic rings. The Morgan fingerprint density at radius 2 is 1.79 bits per heavy atom. The van der Waals surface area contributed by atoms with Gasteiger partial charge in [-0.15, -0.1) is 0 Å². The Bertz CT molecular complexity index is 1810. The quantitative estimate of drug-likeness (QED) is 0.212. The average molecular weight is 754 g/mol. The standard InChI is InChI=1S/C39H55N5O6S2/c1-24(2)20-44(52(47,48)28-11-12-31-34(19-28)51-38(42-31)40-25(3)4)21-33(45)32(17-26-9-7-6-8-10-26)41-37(46)39(13-15-43(5)16-14-39)35-27-18-29-30(35)23-50-36(29)49-22-27/h6-12,19,24-25,27,29-30,32-33,35-36,45H,13-18,20-23H2,1-5H3,(H,40,42)(H,41,46)/t27?,29?,30-,32+,33-,35?,36+/m1/s1. The molecule has 4 fully saturated rings. The van der Waals surface area contributed by atoms with Gasteiger partial charge in [-0.1, -0.05) is 55.5 Å². The van der Waals surface area contributed by atoms with E-state index in [0.29, 0.717) is 31.5 Å². The zero-order chi connectivity index (χ0) is 36.8. The number of piperidine rings is 1. The van der Waals surface area contributed by atoms with E-state index < -0.39 is 27.6 Å².